The Morgan fingerprint density at radius 1 is 1.35 bits per heavy atom. The largest absolute Gasteiger partial charge is 0.330 e. The van der Waals surface area contributed by atoms with E-state index in [9.17, 15) is 9.18 Å². The fourth-order valence-electron chi connectivity index (χ4n) is 1.78. The van der Waals surface area contributed by atoms with Crippen molar-refractivity contribution in [2.75, 3.05) is 6.54 Å². The van der Waals surface area contributed by atoms with Crippen LogP contribution in [-0.4, -0.2) is 12.3 Å². The fraction of sp³-hybridized carbons (Fsp3) is 0.500. The zero-order valence-electron chi connectivity index (χ0n) is 10.3. The molecule has 2 nitrogen and oxygen atoms in total. The normalized spacial score (nSPS) is 12.4. The van der Waals surface area contributed by atoms with Crippen molar-refractivity contribution in [2.45, 2.75) is 32.6 Å². The summed E-state index contributed by atoms with van der Waals surface area (Å²) in [5.41, 5.74) is 5.93. The van der Waals surface area contributed by atoms with Crippen LogP contribution in [0, 0.1) is 11.7 Å². The van der Waals surface area contributed by atoms with E-state index in [1.54, 1.807) is 18.2 Å². The van der Waals surface area contributed by atoms with Gasteiger partial charge in [-0.3, -0.25) is 4.79 Å². The Morgan fingerprint density at radius 3 is 2.71 bits per heavy atom. The predicted octanol–water partition coefficient (Wildman–Crippen LogP) is 2.70. The summed E-state index contributed by atoms with van der Waals surface area (Å²) in [6.45, 7) is 2.74. The van der Waals surface area contributed by atoms with Crippen LogP contribution in [0.15, 0.2) is 24.3 Å². The first-order valence-corrected chi connectivity index (χ1v) is 6.08. The van der Waals surface area contributed by atoms with Gasteiger partial charge in [0.1, 0.15) is 11.6 Å². The first-order valence-electron chi connectivity index (χ1n) is 6.08. The summed E-state index contributed by atoms with van der Waals surface area (Å²) < 4.78 is 13.3. The highest BCUT2D eigenvalue weighted by Crippen LogP contribution is 2.13. The van der Waals surface area contributed by atoms with Gasteiger partial charge in [0.2, 0.25) is 0 Å². The summed E-state index contributed by atoms with van der Waals surface area (Å²) in [5.74, 6) is 0.263. The molecule has 0 aliphatic rings. The van der Waals surface area contributed by atoms with E-state index in [1.807, 2.05) is 0 Å². The number of carbonyl (C=O) groups excluding carboxylic acids is 1. The van der Waals surface area contributed by atoms with Crippen molar-refractivity contribution in [2.24, 2.45) is 11.7 Å². The molecule has 0 aliphatic heterocycles. The molecule has 0 saturated heterocycles. The van der Waals surface area contributed by atoms with Gasteiger partial charge in [0.25, 0.3) is 0 Å². The number of carbonyl (C=O) groups is 1. The van der Waals surface area contributed by atoms with Crippen LogP contribution in [0.3, 0.4) is 0 Å². The summed E-state index contributed by atoms with van der Waals surface area (Å²) in [7, 11) is 0. The highest BCUT2D eigenvalue weighted by atomic mass is 19.1. The Balaban J connectivity index is 2.37. The molecule has 1 unspecified atom stereocenters. The van der Waals surface area contributed by atoms with E-state index >= 15 is 0 Å². The topological polar surface area (TPSA) is 43.1 Å². The van der Waals surface area contributed by atoms with Crippen molar-refractivity contribution in [3.8, 4) is 0 Å². The van der Waals surface area contributed by atoms with Crippen molar-refractivity contribution in [3.63, 3.8) is 0 Å². The molecule has 0 saturated carbocycles. The van der Waals surface area contributed by atoms with Gasteiger partial charge in [0, 0.05) is 12.8 Å². The molecular weight excluding hydrogens is 217 g/mol. The summed E-state index contributed by atoms with van der Waals surface area (Å²) >= 11 is 0. The minimum atomic E-state index is -0.296. The van der Waals surface area contributed by atoms with Crippen LogP contribution >= 0.6 is 0 Å². The number of nitrogens with two attached hydrogens (primary N) is 1. The molecule has 3 heteroatoms. The van der Waals surface area contributed by atoms with Gasteiger partial charge in [-0.15, -0.1) is 0 Å². The van der Waals surface area contributed by atoms with Crippen molar-refractivity contribution < 1.29 is 9.18 Å². The lowest BCUT2D eigenvalue weighted by molar-refractivity contribution is -0.118. The number of halogens is 1. The Kier molecular flexibility index (Phi) is 5.84. The van der Waals surface area contributed by atoms with Crippen LogP contribution in [0.1, 0.15) is 31.7 Å². The summed E-state index contributed by atoms with van der Waals surface area (Å²) in [4.78, 5) is 11.7. The van der Waals surface area contributed by atoms with E-state index in [0.717, 1.165) is 12.8 Å². The van der Waals surface area contributed by atoms with Gasteiger partial charge in [-0.05, 0) is 36.9 Å². The second-order valence-corrected chi connectivity index (χ2v) is 4.53. The average Bonchev–Trinajstić information content (AvgIpc) is 2.30. The lowest BCUT2D eigenvalue weighted by Gasteiger charge is -2.09. The molecule has 0 radical (unpaired) electrons. The highest BCUT2D eigenvalue weighted by molar-refractivity contribution is 5.80. The lowest BCUT2D eigenvalue weighted by Crippen LogP contribution is -2.09. The molecule has 0 aromatic heterocycles. The molecule has 0 spiro atoms. The molecule has 1 aromatic rings. The Hall–Kier alpha value is -1.22. The average molecular weight is 237 g/mol. The zero-order chi connectivity index (χ0) is 12.7. The first-order chi connectivity index (χ1) is 8.13. The fourth-order valence-corrected chi connectivity index (χ4v) is 1.78. The van der Waals surface area contributed by atoms with Gasteiger partial charge in [0.05, 0.1) is 0 Å². The van der Waals surface area contributed by atoms with Crippen molar-refractivity contribution >= 4 is 5.78 Å². The first kappa shape index (κ1) is 13.8. The van der Waals surface area contributed by atoms with Gasteiger partial charge < -0.3 is 5.73 Å². The Bertz CT molecular complexity index is 365. The van der Waals surface area contributed by atoms with Crippen LogP contribution in [-0.2, 0) is 11.2 Å². The van der Waals surface area contributed by atoms with Gasteiger partial charge >= 0.3 is 0 Å². The minimum Gasteiger partial charge on any atom is -0.330 e. The van der Waals surface area contributed by atoms with E-state index in [-0.39, 0.29) is 18.0 Å². The van der Waals surface area contributed by atoms with Crippen molar-refractivity contribution in [3.05, 3.63) is 35.6 Å². The molecule has 0 fully saturated rings. The number of rotatable bonds is 7. The number of benzene rings is 1. The standard InChI is InChI=1S/C14H20FNO/c1-11(8-9-16)6-7-13(17)10-12-4-2-3-5-14(12)15/h2-5,11H,6-10,16H2,1H3. The number of ketones is 1. The van der Waals surface area contributed by atoms with E-state index in [2.05, 4.69) is 6.92 Å². The molecule has 17 heavy (non-hydrogen) atoms. The molecule has 0 aliphatic carbocycles. The summed E-state index contributed by atoms with van der Waals surface area (Å²) in [6.07, 6.45) is 2.48. The van der Waals surface area contributed by atoms with Crippen molar-refractivity contribution in [1.82, 2.24) is 0 Å². The quantitative estimate of drug-likeness (QED) is 0.792. The van der Waals surface area contributed by atoms with E-state index in [4.69, 9.17) is 5.73 Å². The number of Topliss-reactive ketones (excluding diaryl/α,β-unsaturated/α-hetero) is 1. The minimum absolute atomic E-state index is 0.0963. The maximum atomic E-state index is 13.3. The van der Waals surface area contributed by atoms with Crippen LogP contribution in [0.5, 0.6) is 0 Å². The third-order valence-corrected chi connectivity index (χ3v) is 2.92. The van der Waals surface area contributed by atoms with Crippen LogP contribution < -0.4 is 5.73 Å². The van der Waals surface area contributed by atoms with E-state index in [1.165, 1.54) is 6.07 Å². The monoisotopic (exact) mass is 237 g/mol. The van der Waals surface area contributed by atoms with Gasteiger partial charge in [-0.2, -0.15) is 0 Å². The maximum Gasteiger partial charge on any atom is 0.137 e. The van der Waals surface area contributed by atoms with Gasteiger partial charge in [-0.25, -0.2) is 4.39 Å². The Labute approximate surface area is 102 Å². The molecule has 94 valence electrons. The van der Waals surface area contributed by atoms with Gasteiger partial charge in [-0.1, -0.05) is 25.1 Å². The third-order valence-electron chi connectivity index (χ3n) is 2.92. The van der Waals surface area contributed by atoms with Crippen LogP contribution in [0.25, 0.3) is 0 Å². The van der Waals surface area contributed by atoms with Crippen LogP contribution in [0.2, 0.25) is 0 Å². The highest BCUT2D eigenvalue weighted by Gasteiger charge is 2.09. The maximum absolute atomic E-state index is 13.3. The number of hydrogen-bond donors (Lipinski definition) is 1. The lowest BCUT2D eigenvalue weighted by atomic mass is 9.97. The summed E-state index contributed by atoms with van der Waals surface area (Å²) in [5, 5.41) is 0. The molecule has 0 amide bonds. The molecule has 0 bridgehead atoms. The van der Waals surface area contributed by atoms with Gasteiger partial charge in [0.15, 0.2) is 0 Å². The third kappa shape index (κ3) is 5.09. The van der Waals surface area contributed by atoms with Crippen molar-refractivity contribution in [1.29, 1.82) is 0 Å². The zero-order valence-corrected chi connectivity index (χ0v) is 10.3. The molecule has 1 aromatic carbocycles. The van der Waals surface area contributed by atoms with E-state index in [0.29, 0.717) is 24.4 Å². The molecule has 0 heterocycles. The van der Waals surface area contributed by atoms with E-state index < -0.39 is 0 Å². The second kappa shape index (κ2) is 7.17. The second-order valence-electron chi connectivity index (χ2n) is 4.53. The Morgan fingerprint density at radius 2 is 2.06 bits per heavy atom. The molecule has 1 rings (SSSR count). The smallest absolute Gasteiger partial charge is 0.137 e. The van der Waals surface area contributed by atoms with Crippen LogP contribution in [0.4, 0.5) is 4.39 Å². The molecule has 1 atom stereocenters. The number of hydrogen-bond acceptors (Lipinski definition) is 2. The molecule has 2 N–H and O–H groups in total. The SMILES string of the molecule is CC(CCN)CCC(=O)Cc1ccccc1F. The molecular formula is C14H20FNO. The summed E-state index contributed by atoms with van der Waals surface area (Å²) in [6, 6.07) is 6.44. The predicted molar refractivity (Wildman–Crippen MR) is 67.2 cm³/mol.